The quantitative estimate of drug-likeness (QED) is 0.342. The highest BCUT2D eigenvalue weighted by atomic mass is 19.4. The van der Waals surface area contributed by atoms with E-state index in [1.165, 1.54) is 26.1 Å². The van der Waals surface area contributed by atoms with Crippen molar-refractivity contribution in [1.82, 2.24) is 5.01 Å². The first kappa shape index (κ1) is 22.2. The van der Waals surface area contributed by atoms with Gasteiger partial charge in [0.2, 0.25) is 0 Å². The normalized spacial score (nSPS) is 11.9. The number of hydrazine groups is 2. The number of para-hydroxylation sites is 1. The maximum absolute atomic E-state index is 12.9. The van der Waals surface area contributed by atoms with Gasteiger partial charge in [0.05, 0.1) is 17.0 Å². The second-order valence-electron chi connectivity index (χ2n) is 6.37. The van der Waals surface area contributed by atoms with E-state index in [0.29, 0.717) is 16.8 Å². The largest absolute Gasteiger partial charge is 0.416 e. The van der Waals surface area contributed by atoms with Crippen molar-refractivity contribution < 1.29 is 22.8 Å². The van der Waals surface area contributed by atoms with Crippen molar-refractivity contribution in [2.75, 3.05) is 12.1 Å². The first-order valence-electron chi connectivity index (χ1n) is 8.52. The van der Waals surface area contributed by atoms with Crippen LogP contribution in [0.25, 0.3) is 0 Å². The molecule has 29 heavy (non-hydrogen) atoms. The second kappa shape index (κ2) is 8.93. The van der Waals surface area contributed by atoms with Crippen LogP contribution in [0.2, 0.25) is 0 Å². The van der Waals surface area contributed by atoms with E-state index < -0.39 is 17.8 Å². The fraction of sp³-hybridized carbons (Fsp3) is 0.263. The molecule has 0 radical (unpaired) electrons. The van der Waals surface area contributed by atoms with E-state index in [0.717, 1.165) is 22.2 Å². The molecule has 0 fully saturated rings. The van der Waals surface area contributed by atoms with Crippen LogP contribution in [0.5, 0.6) is 0 Å². The predicted octanol–water partition coefficient (Wildman–Crippen LogP) is 3.56. The van der Waals surface area contributed by atoms with Crippen molar-refractivity contribution >= 4 is 17.4 Å². The summed E-state index contributed by atoms with van der Waals surface area (Å²) in [4.78, 5) is 17.4. The predicted molar refractivity (Wildman–Crippen MR) is 104 cm³/mol. The van der Waals surface area contributed by atoms with E-state index in [-0.39, 0.29) is 17.9 Å². The molecule has 0 bridgehead atoms. The van der Waals surface area contributed by atoms with Crippen molar-refractivity contribution in [2.45, 2.75) is 26.6 Å². The van der Waals surface area contributed by atoms with Crippen LogP contribution < -0.4 is 16.7 Å². The SMILES string of the molecule is CC(=NOCc1cccc(C)c1N(N)C(=O)N(C)N)c1cccc(C(F)(F)F)c1. The zero-order valence-corrected chi connectivity index (χ0v) is 16.2. The number of halogens is 3. The smallest absolute Gasteiger partial charge is 0.391 e. The summed E-state index contributed by atoms with van der Waals surface area (Å²) in [5.41, 5.74) is 1.46. The third kappa shape index (κ3) is 5.46. The number of hydrogen-bond acceptors (Lipinski definition) is 5. The van der Waals surface area contributed by atoms with Crippen LogP contribution >= 0.6 is 0 Å². The van der Waals surface area contributed by atoms with Gasteiger partial charge < -0.3 is 4.84 Å². The van der Waals surface area contributed by atoms with Crippen LogP contribution in [0.4, 0.5) is 23.7 Å². The standard InChI is InChI=1S/C19H22F3N5O2/c1-12-6-4-8-15(17(12)27(24)18(28)26(3)23)11-29-25-13(2)14-7-5-9-16(10-14)19(20,21)22/h4-10H,11,23-24H2,1-3H3. The minimum absolute atomic E-state index is 0.0530. The molecule has 0 aromatic heterocycles. The molecular weight excluding hydrogens is 387 g/mol. The molecule has 0 saturated carbocycles. The maximum atomic E-state index is 12.9. The van der Waals surface area contributed by atoms with Crippen LogP contribution in [0.15, 0.2) is 47.6 Å². The van der Waals surface area contributed by atoms with Crippen molar-refractivity contribution in [3.63, 3.8) is 0 Å². The molecule has 0 spiro atoms. The monoisotopic (exact) mass is 409 g/mol. The number of hydrogen-bond donors (Lipinski definition) is 2. The number of urea groups is 1. The van der Waals surface area contributed by atoms with Gasteiger partial charge in [-0.05, 0) is 37.1 Å². The molecule has 2 rings (SSSR count). The summed E-state index contributed by atoms with van der Waals surface area (Å²) in [5.74, 6) is 11.3. The lowest BCUT2D eigenvalue weighted by Gasteiger charge is -2.24. The van der Waals surface area contributed by atoms with Gasteiger partial charge in [-0.2, -0.15) is 13.2 Å². The molecule has 2 aromatic carbocycles. The number of rotatable bonds is 5. The first-order chi connectivity index (χ1) is 13.5. The molecule has 2 amide bonds. The molecule has 7 nitrogen and oxygen atoms in total. The molecule has 2 aromatic rings. The maximum Gasteiger partial charge on any atom is 0.416 e. The molecule has 0 atom stereocenters. The summed E-state index contributed by atoms with van der Waals surface area (Å²) < 4.78 is 38.6. The second-order valence-corrected chi connectivity index (χ2v) is 6.37. The average Bonchev–Trinajstić information content (AvgIpc) is 2.66. The Labute approximate surface area is 166 Å². The Bertz CT molecular complexity index is 913. The lowest BCUT2D eigenvalue weighted by molar-refractivity contribution is -0.137. The van der Waals surface area contributed by atoms with Crippen LogP contribution in [0.1, 0.15) is 29.2 Å². The highest BCUT2D eigenvalue weighted by molar-refractivity contribution is 5.98. The molecule has 0 aliphatic rings. The van der Waals surface area contributed by atoms with Crippen LogP contribution in [-0.4, -0.2) is 23.8 Å². The molecule has 0 aliphatic heterocycles. The van der Waals surface area contributed by atoms with E-state index >= 15 is 0 Å². The molecule has 0 aliphatic carbocycles. The summed E-state index contributed by atoms with van der Waals surface area (Å²) >= 11 is 0. The molecule has 0 unspecified atom stereocenters. The number of carbonyl (C=O) groups is 1. The van der Waals surface area contributed by atoms with Gasteiger partial charge in [0, 0.05) is 12.6 Å². The third-order valence-corrected chi connectivity index (χ3v) is 4.10. The molecule has 156 valence electrons. The van der Waals surface area contributed by atoms with Gasteiger partial charge >= 0.3 is 12.2 Å². The molecular formula is C19H22F3N5O2. The molecule has 0 heterocycles. The number of amides is 2. The number of oxime groups is 1. The molecule has 0 saturated heterocycles. The molecule has 4 N–H and O–H groups in total. The van der Waals surface area contributed by atoms with E-state index in [9.17, 15) is 18.0 Å². The first-order valence-corrected chi connectivity index (χ1v) is 8.52. The van der Waals surface area contributed by atoms with E-state index in [2.05, 4.69) is 5.16 Å². The third-order valence-electron chi connectivity index (χ3n) is 4.10. The fourth-order valence-electron chi connectivity index (χ4n) is 2.62. The number of benzene rings is 2. The number of alkyl halides is 3. The minimum Gasteiger partial charge on any atom is -0.391 e. The summed E-state index contributed by atoms with van der Waals surface area (Å²) in [6, 6.07) is 9.37. The number of carbonyl (C=O) groups excluding carboxylic acids is 1. The fourth-order valence-corrected chi connectivity index (χ4v) is 2.62. The highest BCUT2D eigenvalue weighted by Crippen LogP contribution is 2.30. The van der Waals surface area contributed by atoms with Crippen LogP contribution in [0, 0.1) is 6.92 Å². The summed E-state index contributed by atoms with van der Waals surface area (Å²) in [5, 5.41) is 5.63. The van der Waals surface area contributed by atoms with E-state index in [1.807, 2.05) is 0 Å². The number of anilines is 1. The summed E-state index contributed by atoms with van der Waals surface area (Å²) in [6.07, 6.45) is -4.44. The number of aryl methyl sites for hydroxylation is 1. The van der Waals surface area contributed by atoms with E-state index in [1.54, 1.807) is 25.1 Å². The van der Waals surface area contributed by atoms with E-state index in [4.69, 9.17) is 16.5 Å². The van der Waals surface area contributed by atoms with Gasteiger partial charge in [-0.1, -0.05) is 35.5 Å². The van der Waals surface area contributed by atoms with Crippen molar-refractivity contribution in [3.05, 3.63) is 64.7 Å². The van der Waals surface area contributed by atoms with Gasteiger partial charge in [0.1, 0.15) is 6.61 Å². The topological polar surface area (TPSA) is 97.2 Å². The number of nitrogens with two attached hydrogens (primary N) is 2. The van der Waals surface area contributed by atoms with Crippen LogP contribution in [0.3, 0.4) is 0 Å². The highest BCUT2D eigenvalue weighted by Gasteiger charge is 2.30. The molecule has 10 heteroatoms. The van der Waals surface area contributed by atoms with Gasteiger partial charge in [-0.15, -0.1) is 0 Å². The summed E-state index contributed by atoms with van der Waals surface area (Å²) in [7, 11) is 1.36. The van der Waals surface area contributed by atoms with Crippen molar-refractivity contribution in [3.8, 4) is 0 Å². The van der Waals surface area contributed by atoms with Crippen molar-refractivity contribution in [1.29, 1.82) is 0 Å². The summed E-state index contributed by atoms with van der Waals surface area (Å²) in [6.45, 7) is 3.25. The Hall–Kier alpha value is -3.11. The van der Waals surface area contributed by atoms with Gasteiger partial charge in [-0.3, -0.25) is 5.01 Å². The Morgan fingerprint density at radius 2 is 1.83 bits per heavy atom. The Kier molecular flexibility index (Phi) is 6.83. The van der Waals surface area contributed by atoms with Gasteiger partial charge in [0.25, 0.3) is 0 Å². The zero-order valence-electron chi connectivity index (χ0n) is 16.2. The lowest BCUT2D eigenvalue weighted by Crippen LogP contribution is -2.49. The number of nitrogens with zero attached hydrogens (tertiary/aromatic N) is 3. The van der Waals surface area contributed by atoms with Crippen molar-refractivity contribution in [2.24, 2.45) is 16.8 Å². The lowest BCUT2D eigenvalue weighted by atomic mass is 10.1. The van der Waals surface area contributed by atoms with Gasteiger partial charge in [0.15, 0.2) is 0 Å². The Morgan fingerprint density at radius 1 is 1.17 bits per heavy atom. The Balaban J connectivity index is 2.20. The minimum atomic E-state index is -4.44. The zero-order chi connectivity index (χ0) is 21.8. The van der Waals surface area contributed by atoms with Gasteiger partial charge in [-0.25, -0.2) is 21.5 Å². The average molecular weight is 409 g/mol. The van der Waals surface area contributed by atoms with Crippen LogP contribution in [-0.2, 0) is 17.6 Å². The Morgan fingerprint density at radius 3 is 2.45 bits per heavy atom.